The van der Waals surface area contributed by atoms with Crippen LogP contribution in [0.5, 0.6) is 0 Å². The average Bonchev–Trinajstić information content (AvgIpc) is 3.29. The lowest BCUT2D eigenvalue weighted by Crippen LogP contribution is -2.32. The highest BCUT2D eigenvalue weighted by Crippen LogP contribution is 2.63. The Morgan fingerprint density at radius 3 is 1.79 bits per heavy atom. The zero-order valence-corrected chi connectivity index (χ0v) is 23.3. The lowest BCUT2D eigenvalue weighted by atomic mass is 9.66. The molecular formula is C37H29ClS. The minimum absolute atomic E-state index is 0.328. The minimum Gasteiger partial charge on any atom is -0.0890 e. The lowest BCUT2D eigenvalue weighted by Gasteiger charge is -2.41. The molecule has 0 nitrogen and oxygen atoms in total. The SMILES string of the molecule is Clc1ccc2c(c1C1CCC(c3ccccc3)CC1)Sc1ccccc1C21c2ccccc2-c2ccccc21. The van der Waals surface area contributed by atoms with Gasteiger partial charge in [0, 0.05) is 14.8 Å². The van der Waals surface area contributed by atoms with Crippen molar-refractivity contribution in [3.05, 3.63) is 154 Å². The van der Waals surface area contributed by atoms with Crippen molar-refractivity contribution < 1.29 is 0 Å². The summed E-state index contributed by atoms with van der Waals surface area (Å²) in [5.41, 5.74) is 10.8. The van der Waals surface area contributed by atoms with Crippen LogP contribution in [0.4, 0.5) is 0 Å². The van der Waals surface area contributed by atoms with Crippen LogP contribution in [0.25, 0.3) is 11.1 Å². The van der Waals surface area contributed by atoms with Gasteiger partial charge in [-0.1, -0.05) is 126 Å². The van der Waals surface area contributed by atoms with Crippen molar-refractivity contribution in [1.82, 2.24) is 0 Å². The predicted molar refractivity (Wildman–Crippen MR) is 163 cm³/mol. The Kier molecular flexibility index (Phi) is 5.54. The molecule has 1 aliphatic heterocycles. The molecule has 0 atom stereocenters. The van der Waals surface area contributed by atoms with Crippen LogP contribution in [-0.2, 0) is 5.41 Å². The molecule has 0 aromatic heterocycles. The molecule has 39 heavy (non-hydrogen) atoms. The molecule has 190 valence electrons. The molecule has 1 fully saturated rings. The van der Waals surface area contributed by atoms with Crippen molar-refractivity contribution in [2.45, 2.75) is 52.7 Å². The Balaban J connectivity index is 1.33. The number of hydrogen-bond donors (Lipinski definition) is 0. The van der Waals surface area contributed by atoms with Crippen LogP contribution >= 0.6 is 23.4 Å². The monoisotopic (exact) mass is 540 g/mol. The molecule has 0 N–H and O–H groups in total. The van der Waals surface area contributed by atoms with E-state index in [1.54, 1.807) is 0 Å². The summed E-state index contributed by atoms with van der Waals surface area (Å²) in [4.78, 5) is 2.73. The van der Waals surface area contributed by atoms with Gasteiger partial charge in [-0.2, -0.15) is 0 Å². The zero-order valence-electron chi connectivity index (χ0n) is 21.7. The number of halogens is 1. The largest absolute Gasteiger partial charge is 0.0890 e. The Morgan fingerprint density at radius 2 is 1.10 bits per heavy atom. The van der Waals surface area contributed by atoms with Gasteiger partial charge >= 0.3 is 0 Å². The van der Waals surface area contributed by atoms with Gasteiger partial charge in [0.1, 0.15) is 0 Å². The third kappa shape index (κ3) is 3.39. The molecule has 0 radical (unpaired) electrons. The third-order valence-corrected chi connectivity index (χ3v) is 11.0. The molecular weight excluding hydrogens is 512 g/mol. The second-order valence-electron chi connectivity index (χ2n) is 11.2. The van der Waals surface area contributed by atoms with Crippen LogP contribution in [0.15, 0.2) is 125 Å². The van der Waals surface area contributed by atoms with Gasteiger partial charge in [0.05, 0.1) is 5.41 Å². The molecule has 1 heterocycles. The highest BCUT2D eigenvalue weighted by molar-refractivity contribution is 7.99. The lowest BCUT2D eigenvalue weighted by molar-refractivity contribution is 0.393. The van der Waals surface area contributed by atoms with Gasteiger partial charge in [-0.3, -0.25) is 0 Å². The van der Waals surface area contributed by atoms with E-state index in [-0.39, 0.29) is 5.41 Å². The van der Waals surface area contributed by atoms with Crippen molar-refractivity contribution in [2.75, 3.05) is 0 Å². The maximum absolute atomic E-state index is 7.16. The Labute approximate surface area is 240 Å². The van der Waals surface area contributed by atoms with E-state index < -0.39 is 0 Å². The molecule has 5 aromatic rings. The molecule has 5 aromatic carbocycles. The molecule has 0 saturated heterocycles. The molecule has 2 heteroatoms. The van der Waals surface area contributed by atoms with Crippen LogP contribution in [0.1, 0.15) is 70.9 Å². The Bertz CT molecular complexity index is 1670. The summed E-state index contributed by atoms with van der Waals surface area (Å²) in [5.74, 6) is 1.13. The first-order chi connectivity index (χ1) is 19.3. The van der Waals surface area contributed by atoms with Gasteiger partial charge in [-0.15, -0.1) is 0 Å². The number of fused-ring (bicyclic) bond motifs is 9. The maximum Gasteiger partial charge on any atom is 0.0735 e. The molecule has 0 unspecified atom stereocenters. The Morgan fingerprint density at radius 1 is 0.538 bits per heavy atom. The fraction of sp³-hybridized carbons (Fsp3) is 0.189. The van der Waals surface area contributed by atoms with Crippen LogP contribution in [-0.4, -0.2) is 0 Å². The molecule has 3 aliphatic rings. The van der Waals surface area contributed by atoms with Gasteiger partial charge in [0.25, 0.3) is 0 Å². The van der Waals surface area contributed by atoms with Gasteiger partial charge in [-0.05, 0) is 94.2 Å². The van der Waals surface area contributed by atoms with E-state index in [0.717, 1.165) is 5.02 Å². The first kappa shape index (κ1) is 23.6. The predicted octanol–water partition coefficient (Wildman–Crippen LogP) is 10.6. The highest BCUT2D eigenvalue weighted by Gasteiger charge is 2.50. The Hall–Kier alpha value is -3.26. The fourth-order valence-electron chi connectivity index (χ4n) is 7.74. The molecule has 8 rings (SSSR count). The smallest absolute Gasteiger partial charge is 0.0735 e. The van der Waals surface area contributed by atoms with E-state index >= 15 is 0 Å². The van der Waals surface area contributed by atoms with Gasteiger partial charge in [-0.25, -0.2) is 0 Å². The first-order valence-corrected chi connectivity index (χ1v) is 15.3. The van der Waals surface area contributed by atoms with Gasteiger partial charge in [0.15, 0.2) is 0 Å². The summed E-state index contributed by atoms with van der Waals surface area (Å²) >= 11 is 9.10. The van der Waals surface area contributed by atoms with E-state index in [0.29, 0.717) is 11.8 Å². The summed E-state index contributed by atoms with van der Waals surface area (Å²) in [6.45, 7) is 0. The first-order valence-electron chi connectivity index (χ1n) is 14.1. The summed E-state index contributed by atoms with van der Waals surface area (Å²) in [5, 5.41) is 0.929. The minimum atomic E-state index is -0.328. The second-order valence-corrected chi connectivity index (χ2v) is 12.7. The van der Waals surface area contributed by atoms with Crippen LogP contribution in [0.2, 0.25) is 5.02 Å². The molecule has 1 spiro atoms. The average molecular weight is 541 g/mol. The molecule has 0 amide bonds. The number of hydrogen-bond acceptors (Lipinski definition) is 1. The van der Waals surface area contributed by atoms with Crippen molar-refractivity contribution >= 4 is 23.4 Å². The maximum atomic E-state index is 7.16. The van der Waals surface area contributed by atoms with Crippen molar-refractivity contribution in [3.8, 4) is 11.1 Å². The van der Waals surface area contributed by atoms with E-state index in [1.165, 1.54) is 80.0 Å². The summed E-state index contributed by atoms with van der Waals surface area (Å²) in [6.07, 6.45) is 4.79. The van der Waals surface area contributed by atoms with E-state index in [2.05, 4.69) is 115 Å². The van der Waals surface area contributed by atoms with E-state index in [1.807, 2.05) is 11.8 Å². The van der Waals surface area contributed by atoms with Crippen LogP contribution in [0, 0.1) is 0 Å². The molecule has 0 bridgehead atoms. The summed E-state index contributed by atoms with van der Waals surface area (Å²) in [7, 11) is 0. The van der Waals surface area contributed by atoms with Crippen molar-refractivity contribution in [3.63, 3.8) is 0 Å². The number of rotatable bonds is 2. The number of benzene rings is 5. The van der Waals surface area contributed by atoms with Crippen LogP contribution < -0.4 is 0 Å². The molecule has 2 aliphatic carbocycles. The summed E-state index contributed by atoms with van der Waals surface area (Å²) < 4.78 is 0. The normalized spacial score (nSPS) is 20.1. The summed E-state index contributed by atoms with van der Waals surface area (Å²) in [6, 6.07) is 42.7. The zero-order chi connectivity index (χ0) is 26.0. The van der Waals surface area contributed by atoms with Crippen LogP contribution in [0.3, 0.4) is 0 Å². The standard InChI is InChI=1S/C37H29ClS/c38-33-23-22-32-36(35(33)26-20-18-25(19-21-26)24-10-2-1-3-11-24)39-34-17-9-8-16-31(34)37(32)29-14-6-4-12-27(29)28-13-5-7-15-30(28)37/h1-17,22-23,25-26H,18-21H2. The van der Waals surface area contributed by atoms with Crippen molar-refractivity contribution in [2.24, 2.45) is 0 Å². The quantitative estimate of drug-likeness (QED) is 0.210. The van der Waals surface area contributed by atoms with E-state index in [4.69, 9.17) is 11.6 Å². The molecule has 1 saturated carbocycles. The van der Waals surface area contributed by atoms with E-state index in [9.17, 15) is 0 Å². The fourth-order valence-corrected chi connectivity index (χ4v) is 9.52. The highest BCUT2D eigenvalue weighted by atomic mass is 35.5. The van der Waals surface area contributed by atoms with Gasteiger partial charge in [0.2, 0.25) is 0 Å². The van der Waals surface area contributed by atoms with Crippen molar-refractivity contribution in [1.29, 1.82) is 0 Å². The second kappa shape index (κ2) is 9.15. The van der Waals surface area contributed by atoms with Gasteiger partial charge < -0.3 is 0 Å². The third-order valence-electron chi connectivity index (χ3n) is 9.41. The topological polar surface area (TPSA) is 0 Å².